The maximum atomic E-state index is 13.5. The molecule has 1 heterocycles. The van der Waals surface area contributed by atoms with Gasteiger partial charge in [0.2, 0.25) is 5.91 Å². The minimum absolute atomic E-state index is 0.0418. The molecule has 1 N–H and O–H groups in total. The van der Waals surface area contributed by atoms with Crippen molar-refractivity contribution in [2.24, 2.45) is 0 Å². The third-order valence-electron chi connectivity index (χ3n) is 3.04. The lowest BCUT2D eigenvalue weighted by molar-refractivity contribution is -0.130. The van der Waals surface area contributed by atoms with E-state index in [1.54, 1.807) is 4.90 Å². The van der Waals surface area contributed by atoms with E-state index in [-0.39, 0.29) is 18.1 Å². The summed E-state index contributed by atoms with van der Waals surface area (Å²) < 4.78 is 13.5. The summed E-state index contributed by atoms with van der Waals surface area (Å²) in [4.78, 5) is 13.9. The molecule has 0 aromatic heterocycles. The standard InChI is InChI=1S/C13H16ClFN2O/c14-11-2-3-12(15)10(8-11)9-13(18)17-6-1-4-16-5-7-17/h2-3,8,16H,1,4-7,9H2. The fourth-order valence-corrected chi connectivity index (χ4v) is 2.24. The molecule has 0 unspecified atom stereocenters. The van der Waals surface area contributed by atoms with Gasteiger partial charge in [-0.05, 0) is 36.7 Å². The number of hydrogen-bond acceptors (Lipinski definition) is 2. The zero-order chi connectivity index (χ0) is 13.0. The van der Waals surface area contributed by atoms with Crippen molar-refractivity contribution in [2.75, 3.05) is 26.2 Å². The van der Waals surface area contributed by atoms with E-state index < -0.39 is 0 Å². The molecule has 1 fully saturated rings. The summed E-state index contributed by atoms with van der Waals surface area (Å²) >= 11 is 5.81. The molecule has 1 aromatic rings. The largest absolute Gasteiger partial charge is 0.341 e. The van der Waals surface area contributed by atoms with Gasteiger partial charge in [0.1, 0.15) is 5.82 Å². The highest BCUT2D eigenvalue weighted by Gasteiger charge is 2.17. The predicted octanol–water partition coefficient (Wildman–Crippen LogP) is 1.84. The Balaban J connectivity index is 2.03. The molecule has 0 spiro atoms. The second-order valence-corrected chi connectivity index (χ2v) is 4.83. The van der Waals surface area contributed by atoms with E-state index in [2.05, 4.69) is 5.32 Å². The van der Waals surface area contributed by atoms with Crippen molar-refractivity contribution in [3.8, 4) is 0 Å². The molecule has 0 bridgehead atoms. The summed E-state index contributed by atoms with van der Waals surface area (Å²) in [6, 6.07) is 4.31. The molecule has 18 heavy (non-hydrogen) atoms. The second kappa shape index (κ2) is 6.16. The van der Waals surface area contributed by atoms with Gasteiger partial charge in [-0.3, -0.25) is 4.79 Å². The van der Waals surface area contributed by atoms with E-state index in [1.165, 1.54) is 18.2 Å². The summed E-state index contributed by atoms with van der Waals surface area (Å²) in [6.45, 7) is 3.13. The second-order valence-electron chi connectivity index (χ2n) is 4.40. The molecule has 0 atom stereocenters. The number of nitrogens with zero attached hydrogens (tertiary/aromatic N) is 1. The first kappa shape index (κ1) is 13.3. The highest BCUT2D eigenvalue weighted by Crippen LogP contribution is 2.16. The Hall–Kier alpha value is -1.13. The maximum Gasteiger partial charge on any atom is 0.227 e. The topological polar surface area (TPSA) is 32.3 Å². The van der Waals surface area contributed by atoms with Crippen molar-refractivity contribution in [3.05, 3.63) is 34.6 Å². The number of halogens is 2. The van der Waals surface area contributed by atoms with Crippen LogP contribution in [0.25, 0.3) is 0 Å². The number of hydrogen-bond donors (Lipinski definition) is 1. The molecule has 1 aliphatic heterocycles. The molecule has 98 valence electrons. The molecular weight excluding hydrogens is 255 g/mol. The van der Waals surface area contributed by atoms with Crippen LogP contribution >= 0.6 is 11.6 Å². The highest BCUT2D eigenvalue weighted by molar-refractivity contribution is 6.30. The van der Waals surface area contributed by atoms with Gasteiger partial charge in [0, 0.05) is 24.7 Å². The lowest BCUT2D eigenvalue weighted by Crippen LogP contribution is -2.35. The normalized spacial score (nSPS) is 16.4. The first-order chi connectivity index (χ1) is 8.66. The Bertz CT molecular complexity index is 431. The summed E-state index contributed by atoms with van der Waals surface area (Å²) in [5.74, 6) is -0.416. The zero-order valence-electron chi connectivity index (χ0n) is 10.1. The van der Waals surface area contributed by atoms with E-state index >= 15 is 0 Å². The Kier molecular flexibility index (Phi) is 4.55. The Morgan fingerprint density at radius 1 is 1.39 bits per heavy atom. The van der Waals surface area contributed by atoms with E-state index in [1.807, 2.05) is 0 Å². The molecule has 1 aliphatic rings. The number of benzene rings is 1. The van der Waals surface area contributed by atoms with Gasteiger partial charge in [0.15, 0.2) is 0 Å². The van der Waals surface area contributed by atoms with Gasteiger partial charge in [0.05, 0.1) is 6.42 Å². The first-order valence-electron chi connectivity index (χ1n) is 6.09. The monoisotopic (exact) mass is 270 g/mol. The fraction of sp³-hybridized carbons (Fsp3) is 0.462. The van der Waals surface area contributed by atoms with E-state index in [4.69, 9.17) is 11.6 Å². The SMILES string of the molecule is O=C(Cc1cc(Cl)ccc1F)N1CCCNCC1. The van der Waals surface area contributed by atoms with E-state index in [0.717, 1.165) is 26.1 Å². The Morgan fingerprint density at radius 2 is 2.22 bits per heavy atom. The summed E-state index contributed by atoms with van der Waals surface area (Å²) in [6.07, 6.45) is 1.01. The van der Waals surface area contributed by atoms with Crippen molar-refractivity contribution in [1.29, 1.82) is 0 Å². The van der Waals surface area contributed by atoms with Gasteiger partial charge in [-0.25, -0.2) is 4.39 Å². The van der Waals surface area contributed by atoms with Gasteiger partial charge in [-0.1, -0.05) is 11.6 Å². The minimum atomic E-state index is -0.374. The summed E-state index contributed by atoms with van der Waals surface area (Å²) in [5.41, 5.74) is 0.365. The molecule has 0 radical (unpaired) electrons. The van der Waals surface area contributed by atoms with Crippen LogP contribution in [0.5, 0.6) is 0 Å². The first-order valence-corrected chi connectivity index (χ1v) is 6.47. The van der Waals surface area contributed by atoms with Crippen LogP contribution in [0.3, 0.4) is 0 Å². The van der Waals surface area contributed by atoms with Crippen LogP contribution in [-0.4, -0.2) is 37.0 Å². The van der Waals surface area contributed by atoms with Gasteiger partial charge < -0.3 is 10.2 Å². The van der Waals surface area contributed by atoms with Crippen molar-refractivity contribution in [1.82, 2.24) is 10.2 Å². The van der Waals surface area contributed by atoms with Crippen molar-refractivity contribution >= 4 is 17.5 Å². The smallest absolute Gasteiger partial charge is 0.227 e. The third-order valence-corrected chi connectivity index (χ3v) is 3.28. The molecule has 1 amide bonds. The molecule has 3 nitrogen and oxygen atoms in total. The Morgan fingerprint density at radius 3 is 3.06 bits per heavy atom. The summed E-state index contributed by atoms with van der Waals surface area (Å²) in [5, 5.41) is 3.68. The number of nitrogens with one attached hydrogen (secondary N) is 1. The molecule has 2 rings (SSSR count). The van der Waals surface area contributed by atoms with Crippen LogP contribution < -0.4 is 5.32 Å². The van der Waals surface area contributed by atoms with Gasteiger partial charge >= 0.3 is 0 Å². The molecule has 1 aromatic carbocycles. The van der Waals surface area contributed by atoms with Crippen molar-refractivity contribution in [3.63, 3.8) is 0 Å². The third kappa shape index (κ3) is 3.43. The van der Waals surface area contributed by atoms with Crippen LogP contribution in [0, 0.1) is 5.82 Å². The lowest BCUT2D eigenvalue weighted by atomic mass is 10.1. The van der Waals surface area contributed by atoms with Crippen LogP contribution in [0.4, 0.5) is 4.39 Å². The maximum absolute atomic E-state index is 13.5. The zero-order valence-corrected chi connectivity index (χ0v) is 10.8. The minimum Gasteiger partial charge on any atom is -0.341 e. The van der Waals surface area contributed by atoms with E-state index in [0.29, 0.717) is 17.1 Å². The molecule has 0 saturated carbocycles. The molecular formula is C13H16ClFN2O. The van der Waals surface area contributed by atoms with Crippen molar-refractivity contribution < 1.29 is 9.18 Å². The van der Waals surface area contributed by atoms with E-state index in [9.17, 15) is 9.18 Å². The van der Waals surface area contributed by atoms with Crippen molar-refractivity contribution in [2.45, 2.75) is 12.8 Å². The van der Waals surface area contributed by atoms with Gasteiger partial charge in [0.25, 0.3) is 0 Å². The number of carbonyl (C=O) groups excluding carboxylic acids is 1. The molecule has 0 aliphatic carbocycles. The average Bonchev–Trinajstić information content (AvgIpc) is 2.62. The highest BCUT2D eigenvalue weighted by atomic mass is 35.5. The predicted molar refractivity (Wildman–Crippen MR) is 69.2 cm³/mol. The van der Waals surface area contributed by atoms with Crippen LogP contribution in [0.2, 0.25) is 5.02 Å². The number of carbonyl (C=O) groups is 1. The van der Waals surface area contributed by atoms with Crippen LogP contribution in [0.1, 0.15) is 12.0 Å². The summed E-state index contributed by atoms with van der Waals surface area (Å²) in [7, 11) is 0. The fourth-order valence-electron chi connectivity index (χ4n) is 2.05. The molecule has 1 saturated heterocycles. The van der Waals surface area contributed by atoms with Crippen LogP contribution in [-0.2, 0) is 11.2 Å². The van der Waals surface area contributed by atoms with Gasteiger partial charge in [-0.15, -0.1) is 0 Å². The molecule has 5 heteroatoms. The van der Waals surface area contributed by atoms with Gasteiger partial charge in [-0.2, -0.15) is 0 Å². The average molecular weight is 271 g/mol. The van der Waals surface area contributed by atoms with Crippen LogP contribution in [0.15, 0.2) is 18.2 Å². The number of rotatable bonds is 2. The quantitative estimate of drug-likeness (QED) is 0.889. The lowest BCUT2D eigenvalue weighted by Gasteiger charge is -2.20. The number of amides is 1. The Labute approximate surface area is 111 Å².